The van der Waals surface area contributed by atoms with E-state index < -0.39 is 156 Å². The highest BCUT2D eigenvalue weighted by Gasteiger charge is 2.52. The molecular weight excluding hydrogens is 636 g/mol. The van der Waals surface area contributed by atoms with Crippen LogP contribution < -0.4 is 0 Å². The molecule has 21 heteroatoms. The van der Waals surface area contributed by atoms with Crippen molar-refractivity contribution in [1.82, 2.24) is 0 Å². The van der Waals surface area contributed by atoms with E-state index in [1.807, 2.05) is 0 Å². The Balaban J connectivity index is 1.35. The number of aliphatic hydroxyl groups is 12. The van der Waals surface area contributed by atoms with E-state index in [9.17, 15) is 61.3 Å². The Bertz CT molecular complexity index is 965. The van der Waals surface area contributed by atoms with Crippen LogP contribution in [0.1, 0.15) is 0 Å². The number of rotatable bonds is 8. The molecule has 0 unspecified atom stereocenters. The Morgan fingerprint density at radius 3 is 1.37 bits per heavy atom. The predicted molar refractivity (Wildman–Crippen MR) is 136 cm³/mol. The highest BCUT2D eigenvalue weighted by molar-refractivity contribution is 4.94. The van der Waals surface area contributed by atoms with Crippen molar-refractivity contribution < 1.29 is 104 Å². The first-order valence-corrected chi connectivity index (χ1v) is 14.6. The molecule has 0 amide bonds. The first kappa shape index (κ1) is 36.4. The van der Waals surface area contributed by atoms with Crippen LogP contribution in [0, 0.1) is 0 Å². The number of hydrogen-bond acceptors (Lipinski definition) is 21. The van der Waals surface area contributed by atoms with Crippen LogP contribution in [0.3, 0.4) is 0 Å². The molecule has 5 heterocycles. The second-order valence-corrected chi connectivity index (χ2v) is 11.7. The Kier molecular flexibility index (Phi) is 12.2. The molecule has 46 heavy (non-hydrogen) atoms. The quantitative estimate of drug-likeness (QED) is 0.113. The summed E-state index contributed by atoms with van der Waals surface area (Å²) in [7, 11) is 0. The number of aliphatic hydroxyl groups excluding tert-OH is 12. The lowest BCUT2D eigenvalue weighted by Crippen LogP contribution is -2.65. The fourth-order valence-electron chi connectivity index (χ4n) is 5.54. The van der Waals surface area contributed by atoms with Crippen LogP contribution >= 0.6 is 0 Å². The van der Waals surface area contributed by atoms with Crippen LogP contribution in [0.2, 0.25) is 0 Å². The maximum Gasteiger partial charge on any atom is 0.187 e. The molecule has 0 aromatic carbocycles. The molecule has 0 aliphatic carbocycles. The van der Waals surface area contributed by atoms with Crippen molar-refractivity contribution in [3.63, 3.8) is 0 Å². The minimum absolute atomic E-state index is 0.421. The number of ether oxygens (including phenoxy) is 9. The minimum atomic E-state index is -1.85. The summed E-state index contributed by atoms with van der Waals surface area (Å²) in [5.74, 6) is 0. The summed E-state index contributed by atoms with van der Waals surface area (Å²) in [4.78, 5) is 0. The fraction of sp³-hybridized carbons (Fsp3) is 1.00. The highest BCUT2D eigenvalue weighted by atomic mass is 16.8. The van der Waals surface area contributed by atoms with Crippen molar-refractivity contribution in [2.45, 2.75) is 123 Å². The van der Waals surface area contributed by atoms with Gasteiger partial charge in [0.15, 0.2) is 31.5 Å². The van der Waals surface area contributed by atoms with Crippen molar-refractivity contribution >= 4 is 0 Å². The SMILES string of the molecule is O[C@@H]1[C@@H](O)[C@H](O[C@H]2[C@H](O[C@@H]3[C@@H](O)[C@H](O[C@@H]4CO[C@@H](O)[C@H](O)[C@H]4O)OC[C@H]3O[C@@H]3OC[C@@H](O)[C@H](O)[C@H]3O)OC[C@H](O)[C@@H]2O)OC[C@H]1O. The van der Waals surface area contributed by atoms with E-state index in [4.69, 9.17) is 42.6 Å². The molecule has 5 aliphatic heterocycles. The van der Waals surface area contributed by atoms with E-state index in [1.54, 1.807) is 0 Å². The van der Waals surface area contributed by atoms with Crippen molar-refractivity contribution in [2.24, 2.45) is 0 Å². The first-order chi connectivity index (χ1) is 21.8. The second kappa shape index (κ2) is 15.4. The summed E-state index contributed by atoms with van der Waals surface area (Å²) in [6.07, 6.45) is -32.5. The maximum atomic E-state index is 11.4. The van der Waals surface area contributed by atoms with Crippen LogP contribution in [0.5, 0.6) is 0 Å². The molecule has 0 saturated carbocycles. The molecule has 20 atom stereocenters. The van der Waals surface area contributed by atoms with Crippen LogP contribution in [0.15, 0.2) is 0 Å². The zero-order chi connectivity index (χ0) is 33.4. The van der Waals surface area contributed by atoms with Gasteiger partial charge in [0.25, 0.3) is 0 Å². The van der Waals surface area contributed by atoms with Crippen LogP contribution in [-0.2, 0) is 42.6 Å². The van der Waals surface area contributed by atoms with Gasteiger partial charge in [-0.2, -0.15) is 0 Å². The molecular formula is C25H42O21. The van der Waals surface area contributed by atoms with Gasteiger partial charge < -0.3 is 104 Å². The summed E-state index contributed by atoms with van der Waals surface area (Å²) >= 11 is 0. The van der Waals surface area contributed by atoms with E-state index >= 15 is 0 Å². The normalized spacial score (nSPS) is 54.0. The second-order valence-electron chi connectivity index (χ2n) is 11.7. The van der Waals surface area contributed by atoms with Crippen molar-refractivity contribution in [3.05, 3.63) is 0 Å². The monoisotopic (exact) mass is 678 g/mol. The molecule has 0 radical (unpaired) electrons. The third-order valence-electron chi connectivity index (χ3n) is 8.40. The third kappa shape index (κ3) is 7.65. The summed E-state index contributed by atoms with van der Waals surface area (Å²) in [5.41, 5.74) is 0. The van der Waals surface area contributed by atoms with Gasteiger partial charge in [-0.25, -0.2) is 0 Å². The summed E-state index contributed by atoms with van der Waals surface area (Å²) in [6.45, 7) is -2.30. The zero-order valence-electron chi connectivity index (χ0n) is 24.1. The fourth-order valence-corrected chi connectivity index (χ4v) is 5.54. The maximum absolute atomic E-state index is 11.4. The predicted octanol–water partition coefficient (Wildman–Crippen LogP) is -8.73. The molecule has 0 spiro atoms. The van der Waals surface area contributed by atoms with Gasteiger partial charge in [-0.05, 0) is 0 Å². The van der Waals surface area contributed by atoms with Gasteiger partial charge in [0, 0.05) is 0 Å². The standard InChI is InChI=1S/C25H42O21/c26-6-1-39-22(16(34)11(6)29)44-10-5-42-24(43-9-4-38-21(37)15(33)14(9)32)18(36)19(10)45-25-20(13(31)8(28)3-41-25)46-23-17(35)12(30)7(27)2-40-23/h6-37H,1-5H2/t6-,7-,8+,9-,10-,11+,12+,13+,14+,15-,16-,17-,18-,19+,20-,21-,22+,23+,24+,25+/m1/s1. The van der Waals surface area contributed by atoms with E-state index in [0.29, 0.717) is 0 Å². The van der Waals surface area contributed by atoms with Crippen molar-refractivity contribution in [2.75, 3.05) is 33.0 Å². The van der Waals surface area contributed by atoms with Gasteiger partial charge in [-0.3, -0.25) is 0 Å². The molecule has 5 rings (SSSR count). The van der Waals surface area contributed by atoms with Gasteiger partial charge in [0.1, 0.15) is 91.6 Å². The van der Waals surface area contributed by atoms with E-state index in [-0.39, 0.29) is 0 Å². The van der Waals surface area contributed by atoms with Crippen molar-refractivity contribution in [3.8, 4) is 0 Å². The molecule has 0 bridgehead atoms. The molecule has 0 aromatic rings. The van der Waals surface area contributed by atoms with E-state index in [0.717, 1.165) is 0 Å². The van der Waals surface area contributed by atoms with Crippen molar-refractivity contribution in [1.29, 1.82) is 0 Å². The lowest BCUT2D eigenvalue weighted by molar-refractivity contribution is -0.384. The van der Waals surface area contributed by atoms with Gasteiger partial charge in [0.05, 0.1) is 33.0 Å². The Hall–Kier alpha value is -0.840. The summed E-state index contributed by atoms with van der Waals surface area (Å²) in [5, 5.41) is 123. The Morgan fingerprint density at radius 2 is 0.761 bits per heavy atom. The number of hydrogen-bond donors (Lipinski definition) is 12. The lowest BCUT2D eigenvalue weighted by Gasteiger charge is -2.47. The van der Waals surface area contributed by atoms with Crippen LogP contribution in [-0.4, -0.2) is 217 Å². The van der Waals surface area contributed by atoms with Gasteiger partial charge >= 0.3 is 0 Å². The Labute approximate surface area is 260 Å². The smallest absolute Gasteiger partial charge is 0.187 e. The third-order valence-corrected chi connectivity index (χ3v) is 8.40. The lowest BCUT2D eigenvalue weighted by atomic mass is 10.0. The Morgan fingerprint density at radius 1 is 0.326 bits per heavy atom. The molecule has 268 valence electrons. The van der Waals surface area contributed by atoms with E-state index in [1.165, 1.54) is 0 Å². The van der Waals surface area contributed by atoms with Gasteiger partial charge in [-0.15, -0.1) is 0 Å². The molecule has 5 fully saturated rings. The average molecular weight is 679 g/mol. The largest absolute Gasteiger partial charge is 0.388 e. The molecule has 12 N–H and O–H groups in total. The molecule has 0 aromatic heterocycles. The average Bonchev–Trinajstić information content (AvgIpc) is 3.03. The molecule has 21 nitrogen and oxygen atoms in total. The minimum Gasteiger partial charge on any atom is -0.388 e. The zero-order valence-corrected chi connectivity index (χ0v) is 24.1. The van der Waals surface area contributed by atoms with Crippen LogP contribution in [0.4, 0.5) is 0 Å². The summed E-state index contributed by atoms with van der Waals surface area (Å²) in [6, 6.07) is 0. The van der Waals surface area contributed by atoms with Crippen LogP contribution in [0.25, 0.3) is 0 Å². The molecule has 5 saturated heterocycles. The highest BCUT2D eigenvalue weighted by Crippen LogP contribution is 2.32. The van der Waals surface area contributed by atoms with Gasteiger partial charge in [0.2, 0.25) is 0 Å². The summed E-state index contributed by atoms with van der Waals surface area (Å²) < 4.78 is 49.6. The van der Waals surface area contributed by atoms with E-state index in [2.05, 4.69) is 0 Å². The first-order valence-electron chi connectivity index (χ1n) is 14.6. The topological polar surface area (TPSA) is 326 Å². The van der Waals surface area contributed by atoms with Gasteiger partial charge in [-0.1, -0.05) is 0 Å². The molecule has 5 aliphatic rings.